The second-order valence-electron chi connectivity index (χ2n) is 8.25. The van der Waals surface area contributed by atoms with Gasteiger partial charge in [-0.3, -0.25) is 0 Å². The Labute approximate surface area is 169 Å². The monoisotopic (exact) mass is 366 g/mol. The van der Waals surface area contributed by atoms with Crippen molar-refractivity contribution in [2.75, 3.05) is 0 Å². The van der Waals surface area contributed by atoms with Crippen LogP contribution in [0.3, 0.4) is 0 Å². The van der Waals surface area contributed by atoms with E-state index in [1.165, 1.54) is 62.5 Å². The second kappa shape index (κ2) is 12.8. The maximum atomic E-state index is 3.78. The van der Waals surface area contributed by atoms with E-state index in [0.29, 0.717) is 5.41 Å². The van der Waals surface area contributed by atoms with E-state index in [1.54, 1.807) is 6.08 Å². The van der Waals surface area contributed by atoms with Crippen LogP contribution in [0.5, 0.6) is 0 Å². The van der Waals surface area contributed by atoms with Gasteiger partial charge in [-0.1, -0.05) is 109 Å². The molecule has 1 aromatic rings. The Balaban J connectivity index is 0.000000271. The summed E-state index contributed by atoms with van der Waals surface area (Å²) in [5, 5.41) is 0. The zero-order chi connectivity index (χ0) is 20.1. The van der Waals surface area contributed by atoms with E-state index in [2.05, 4.69) is 65.1 Å². The molecule has 1 aliphatic rings. The van der Waals surface area contributed by atoms with Gasteiger partial charge in [0.15, 0.2) is 0 Å². The fourth-order valence-electron chi connectivity index (χ4n) is 4.49. The topological polar surface area (TPSA) is 0 Å². The van der Waals surface area contributed by atoms with Gasteiger partial charge >= 0.3 is 0 Å². The molecule has 0 amide bonds. The van der Waals surface area contributed by atoms with Crippen LogP contribution in [0.15, 0.2) is 55.7 Å². The lowest BCUT2D eigenvalue weighted by molar-refractivity contribution is 0.193. The van der Waals surface area contributed by atoms with Gasteiger partial charge in [0, 0.05) is 0 Å². The Kier molecular flexibility index (Phi) is 11.1. The number of hydrogen-bond donors (Lipinski definition) is 0. The highest BCUT2D eigenvalue weighted by atomic mass is 14.4. The minimum Gasteiger partial charge on any atom is -0.0990 e. The van der Waals surface area contributed by atoms with Gasteiger partial charge in [0.2, 0.25) is 0 Å². The van der Waals surface area contributed by atoms with E-state index in [0.717, 1.165) is 17.9 Å². The average molecular weight is 367 g/mol. The van der Waals surface area contributed by atoms with Gasteiger partial charge in [0.05, 0.1) is 0 Å². The Bertz CT molecular complexity index is 575. The minimum absolute atomic E-state index is 0.712. The molecule has 150 valence electrons. The van der Waals surface area contributed by atoms with Crippen molar-refractivity contribution < 1.29 is 0 Å². The predicted octanol–water partition coefficient (Wildman–Crippen LogP) is 8.79. The first-order chi connectivity index (χ1) is 13.0. The van der Waals surface area contributed by atoms with Gasteiger partial charge in [0.1, 0.15) is 0 Å². The van der Waals surface area contributed by atoms with Gasteiger partial charge in [-0.05, 0) is 60.1 Å². The molecule has 0 bridgehead atoms. The molecule has 1 saturated carbocycles. The summed E-state index contributed by atoms with van der Waals surface area (Å²) in [4.78, 5) is 0. The van der Waals surface area contributed by atoms with Crippen LogP contribution in [0.2, 0.25) is 0 Å². The van der Waals surface area contributed by atoms with E-state index >= 15 is 0 Å². The number of unbranched alkanes of at least 4 members (excludes halogenated alkanes) is 1. The average Bonchev–Trinajstić information content (AvgIpc) is 3.05. The maximum absolute atomic E-state index is 3.78. The molecule has 1 aromatic carbocycles. The largest absolute Gasteiger partial charge is 0.0990 e. The lowest BCUT2D eigenvalue weighted by Gasteiger charge is -2.31. The molecule has 0 aromatic heterocycles. The smallest absolute Gasteiger partial charge is 0.0184 e. The van der Waals surface area contributed by atoms with Crippen LogP contribution in [-0.2, 0) is 6.42 Å². The molecule has 0 nitrogen and oxygen atoms in total. The van der Waals surface area contributed by atoms with Crippen LogP contribution in [0.25, 0.3) is 5.57 Å². The van der Waals surface area contributed by atoms with Crippen LogP contribution in [0.1, 0.15) is 90.2 Å². The van der Waals surface area contributed by atoms with Crippen LogP contribution >= 0.6 is 0 Å². The van der Waals surface area contributed by atoms with E-state index < -0.39 is 0 Å². The zero-order valence-corrected chi connectivity index (χ0v) is 18.4. The molecule has 0 saturated heterocycles. The summed E-state index contributed by atoms with van der Waals surface area (Å²) in [7, 11) is 0. The molecule has 0 N–H and O–H groups in total. The van der Waals surface area contributed by atoms with Gasteiger partial charge in [-0.2, -0.15) is 0 Å². The SMILES string of the molecule is C=C/C=C(\C=C)c1ccc(CC)cc1.CCCCC1CCCC1(C)CCC. The summed E-state index contributed by atoms with van der Waals surface area (Å²) in [5.41, 5.74) is 4.37. The van der Waals surface area contributed by atoms with Gasteiger partial charge in [-0.25, -0.2) is 0 Å². The third-order valence-electron chi connectivity index (χ3n) is 6.23. The molecule has 1 aliphatic carbocycles. The number of rotatable bonds is 9. The zero-order valence-electron chi connectivity index (χ0n) is 18.4. The molecule has 2 atom stereocenters. The minimum atomic E-state index is 0.712. The van der Waals surface area contributed by atoms with Crippen molar-refractivity contribution in [2.24, 2.45) is 11.3 Å². The summed E-state index contributed by atoms with van der Waals surface area (Å²) >= 11 is 0. The molecule has 0 heterocycles. The Morgan fingerprint density at radius 3 is 2.33 bits per heavy atom. The van der Waals surface area contributed by atoms with Crippen molar-refractivity contribution in [2.45, 2.75) is 85.5 Å². The van der Waals surface area contributed by atoms with Crippen molar-refractivity contribution >= 4 is 5.57 Å². The highest BCUT2D eigenvalue weighted by Gasteiger charge is 2.36. The van der Waals surface area contributed by atoms with Crippen LogP contribution in [0.4, 0.5) is 0 Å². The third kappa shape index (κ3) is 7.53. The number of hydrogen-bond acceptors (Lipinski definition) is 0. The Morgan fingerprint density at radius 1 is 1.11 bits per heavy atom. The molecular weight excluding hydrogens is 324 g/mol. The standard InChI is InChI=1S/C14H16.C13H26/c1-4-7-13(6-3)14-10-8-12(5-2)9-11-14;1-4-6-8-12-9-7-11-13(12,3)10-5-2/h4,6-11H,1,3,5H2,2H3;12H,4-11H2,1-3H3/b13-7+;. The van der Waals surface area contributed by atoms with E-state index in [9.17, 15) is 0 Å². The Hall–Kier alpha value is -1.56. The first kappa shape index (κ1) is 23.5. The van der Waals surface area contributed by atoms with Gasteiger partial charge < -0.3 is 0 Å². The van der Waals surface area contributed by atoms with Crippen molar-refractivity contribution in [3.63, 3.8) is 0 Å². The van der Waals surface area contributed by atoms with Gasteiger partial charge in [-0.15, -0.1) is 0 Å². The van der Waals surface area contributed by atoms with E-state index in [-0.39, 0.29) is 0 Å². The quantitative estimate of drug-likeness (QED) is 0.383. The van der Waals surface area contributed by atoms with Crippen LogP contribution < -0.4 is 0 Å². The summed E-state index contributed by atoms with van der Waals surface area (Å²) in [6.07, 6.45) is 18.3. The summed E-state index contributed by atoms with van der Waals surface area (Å²) < 4.78 is 0. The maximum Gasteiger partial charge on any atom is -0.0184 e. The molecule has 0 radical (unpaired) electrons. The van der Waals surface area contributed by atoms with Crippen molar-refractivity contribution in [3.8, 4) is 0 Å². The molecule has 0 spiro atoms. The predicted molar refractivity (Wildman–Crippen MR) is 124 cm³/mol. The van der Waals surface area contributed by atoms with E-state index in [4.69, 9.17) is 0 Å². The molecule has 1 fully saturated rings. The summed E-state index contributed by atoms with van der Waals surface area (Å²) in [5.74, 6) is 1.05. The lowest BCUT2D eigenvalue weighted by Crippen LogP contribution is -2.21. The number of aryl methyl sites for hydroxylation is 1. The molecule has 27 heavy (non-hydrogen) atoms. The van der Waals surface area contributed by atoms with Crippen molar-refractivity contribution in [1.82, 2.24) is 0 Å². The highest BCUT2D eigenvalue weighted by Crippen LogP contribution is 2.48. The number of allylic oxidation sites excluding steroid dienone is 4. The fraction of sp³-hybridized carbons (Fsp3) is 0.556. The third-order valence-corrected chi connectivity index (χ3v) is 6.23. The van der Waals surface area contributed by atoms with Crippen molar-refractivity contribution in [3.05, 3.63) is 66.8 Å². The fourth-order valence-corrected chi connectivity index (χ4v) is 4.49. The lowest BCUT2D eigenvalue weighted by atomic mass is 9.74. The number of benzene rings is 1. The molecule has 2 rings (SSSR count). The van der Waals surface area contributed by atoms with Crippen molar-refractivity contribution in [1.29, 1.82) is 0 Å². The van der Waals surface area contributed by atoms with Crippen LogP contribution in [0, 0.1) is 11.3 Å². The normalized spacial score (nSPS) is 22.1. The first-order valence-electron chi connectivity index (χ1n) is 11.1. The molecular formula is C27H42. The highest BCUT2D eigenvalue weighted by molar-refractivity contribution is 5.74. The van der Waals surface area contributed by atoms with Crippen LogP contribution in [-0.4, -0.2) is 0 Å². The van der Waals surface area contributed by atoms with Gasteiger partial charge in [0.25, 0.3) is 0 Å². The first-order valence-corrected chi connectivity index (χ1v) is 11.1. The van der Waals surface area contributed by atoms with E-state index in [1.807, 2.05) is 12.2 Å². The molecule has 0 heteroatoms. The molecule has 2 unspecified atom stereocenters. The summed E-state index contributed by atoms with van der Waals surface area (Å²) in [6, 6.07) is 8.54. The molecule has 0 aliphatic heterocycles. The summed E-state index contributed by atoms with van der Waals surface area (Å²) in [6.45, 7) is 16.8. The Morgan fingerprint density at radius 2 is 1.81 bits per heavy atom. The second-order valence-corrected chi connectivity index (χ2v) is 8.25.